The number of likely N-dealkylation sites (N-methyl/N-ethyl adjacent to an activating group) is 1. The lowest BCUT2D eigenvalue weighted by Gasteiger charge is -2.30. The van der Waals surface area contributed by atoms with Crippen molar-refractivity contribution >= 4 is 35.6 Å². The molecule has 0 aromatic heterocycles. The van der Waals surface area contributed by atoms with Crippen LogP contribution in [0.1, 0.15) is 26.7 Å². The van der Waals surface area contributed by atoms with Gasteiger partial charge >= 0.3 is 0 Å². The zero-order valence-corrected chi connectivity index (χ0v) is 15.9. The van der Waals surface area contributed by atoms with Gasteiger partial charge in [-0.25, -0.2) is 0 Å². The van der Waals surface area contributed by atoms with E-state index < -0.39 is 0 Å². The molecule has 3 N–H and O–H groups in total. The smallest absolute Gasteiger partial charge is 0.193 e. The number of para-hydroxylation sites is 1. The van der Waals surface area contributed by atoms with Crippen LogP contribution in [-0.2, 0) is 0 Å². The number of nitrogens with one attached hydrogen (secondary N) is 1. The van der Waals surface area contributed by atoms with Gasteiger partial charge in [-0.2, -0.15) is 0 Å². The molecule has 0 aliphatic heterocycles. The van der Waals surface area contributed by atoms with Crippen LogP contribution in [0.5, 0.6) is 0 Å². The molecule has 0 saturated carbocycles. The highest BCUT2D eigenvalue weighted by Crippen LogP contribution is 2.17. The van der Waals surface area contributed by atoms with Crippen LogP contribution in [0.3, 0.4) is 0 Å². The molecule has 0 amide bonds. The van der Waals surface area contributed by atoms with Crippen molar-refractivity contribution in [3.05, 3.63) is 30.3 Å². The molecule has 0 radical (unpaired) electrons. The van der Waals surface area contributed by atoms with Crippen molar-refractivity contribution in [2.45, 2.75) is 32.7 Å². The fraction of sp³-hybridized carbons (Fsp3) is 0.562. The number of halogens is 1. The maximum absolute atomic E-state index is 5.96. The summed E-state index contributed by atoms with van der Waals surface area (Å²) in [5, 5.41) is 3.12. The first-order valence-electron chi connectivity index (χ1n) is 7.36. The van der Waals surface area contributed by atoms with E-state index in [4.69, 9.17) is 5.73 Å². The predicted octanol–water partition coefficient (Wildman–Crippen LogP) is 3.40. The molecule has 0 aliphatic carbocycles. The highest BCUT2D eigenvalue weighted by atomic mass is 127. The molecule has 0 bridgehead atoms. The molecule has 1 aromatic rings. The van der Waals surface area contributed by atoms with E-state index in [1.54, 1.807) is 0 Å². The zero-order chi connectivity index (χ0) is 15.0. The van der Waals surface area contributed by atoms with Crippen molar-refractivity contribution in [3.8, 4) is 0 Å². The number of hydrogen-bond acceptors (Lipinski definition) is 2. The topological polar surface area (TPSA) is 53.6 Å². The number of nitrogens with two attached hydrogens (primary N) is 1. The molecule has 1 unspecified atom stereocenters. The standard InChI is InChI=1S/C16H28N4.HI/c1-5-13(6-2)15(20(3)4)12-18-16(17)19-14-10-8-7-9-11-14;/h7-11,13,15H,5-6,12H2,1-4H3,(H3,17,18,19);1H. The van der Waals surface area contributed by atoms with Gasteiger partial charge in [0.1, 0.15) is 0 Å². The molecule has 4 nitrogen and oxygen atoms in total. The summed E-state index contributed by atoms with van der Waals surface area (Å²) < 4.78 is 0. The molecule has 0 aliphatic rings. The second-order valence-corrected chi connectivity index (χ2v) is 5.32. The molecule has 21 heavy (non-hydrogen) atoms. The Kier molecular flexibility index (Phi) is 10.4. The number of benzene rings is 1. The molecule has 0 spiro atoms. The van der Waals surface area contributed by atoms with Gasteiger partial charge in [-0.1, -0.05) is 44.9 Å². The SMILES string of the molecule is CCC(CC)C(CN=C(N)Nc1ccccc1)N(C)C.I. The molecular formula is C16H29IN4. The first kappa shape index (κ1) is 20.2. The van der Waals surface area contributed by atoms with Crippen LogP contribution in [0.2, 0.25) is 0 Å². The Hall–Kier alpha value is -0.820. The van der Waals surface area contributed by atoms with Crippen molar-refractivity contribution in [1.82, 2.24) is 4.90 Å². The van der Waals surface area contributed by atoms with Gasteiger partial charge in [0.25, 0.3) is 0 Å². The number of hydrogen-bond donors (Lipinski definition) is 2. The van der Waals surface area contributed by atoms with Gasteiger partial charge in [-0.15, -0.1) is 24.0 Å². The second-order valence-electron chi connectivity index (χ2n) is 5.32. The third-order valence-electron chi connectivity index (χ3n) is 3.75. The van der Waals surface area contributed by atoms with Gasteiger partial charge < -0.3 is 16.0 Å². The summed E-state index contributed by atoms with van der Waals surface area (Å²) in [6, 6.07) is 10.3. The van der Waals surface area contributed by atoms with Gasteiger partial charge in [0, 0.05) is 11.7 Å². The van der Waals surface area contributed by atoms with E-state index in [1.807, 2.05) is 30.3 Å². The minimum atomic E-state index is 0. The number of anilines is 1. The van der Waals surface area contributed by atoms with Crippen LogP contribution in [0, 0.1) is 5.92 Å². The quantitative estimate of drug-likeness (QED) is 0.416. The number of nitrogens with zero attached hydrogens (tertiary/aromatic N) is 2. The van der Waals surface area contributed by atoms with Crippen molar-refractivity contribution in [2.24, 2.45) is 16.6 Å². The van der Waals surface area contributed by atoms with E-state index in [9.17, 15) is 0 Å². The van der Waals surface area contributed by atoms with Crippen LogP contribution in [-0.4, -0.2) is 37.5 Å². The van der Waals surface area contributed by atoms with Gasteiger partial charge in [0.15, 0.2) is 5.96 Å². The van der Waals surface area contributed by atoms with Gasteiger partial charge in [0.05, 0.1) is 6.54 Å². The van der Waals surface area contributed by atoms with Crippen LogP contribution in [0.25, 0.3) is 0 Å². The lowest BCUT2D eigenvalue weighted by molar-refractivity contribution is 0.206. The second kappa shape index (κ2) is 10.8. The molecule has 1 aromatic carbocycles. The maximum atomic E-state index is 5.96. The Bertz CT molecular complexity index is 402. The first-order chi connectivity index (χ1) is 9.58. The summed E-state index contributed by atoms with van der Waals surface area (Å²) in [5.74, 6) is 1.13. The molecule has 5 heteroatoms. The summed E-state index contributed by atoms with van der Waals surface area (Å²) >= 11 is 0. The average Bonchev–Trinajstić information content (AvgIpc) is 2.44. The fourth-order valence-corrected chi connectivity index (χ4v) is 2.47. The highest BCUT2D eigenvalue weighted by Gasteiger charge is 2.20. The summed E-state index contributed by atoms with van der Waals surface area (Å²) in [4.78, 5) is 6.75. The molecule has 120 valence electrons. The van der Waals surface area contributed by atoms with Crippen molar-refractivity contribution in [1.29, 1.82) is 0 Å². The van der Waals surface area contributed by atoms with Crippen LogP contribution in [0.4, 0.5) is 5.69 Å². The summed E-state index contributed by atoms with van der Waals surface area (Å²) in [7, 11) is 4.22. The van der Waals surface area contributed by atoms with E-state index >= 15 is 0 Å². The molecule has 1 atom stereocenters. The van der Waals surface area contributed by atoms with Crippen LogP contribution in [0.15, 0.2) is 35.3 Å². The number of guanidine groups is 1. The minimum Gasteiger partial charge on any atom is -0.370 e. The Morgan fingerprint density at radius 3 is 2.24 bits per heavy atom. The summed E-state index contributed by atoms with van der Waals surface area (Å²) in [5.41, 5.74) is 6.93. The van der Waals surface area contributed by atoms with Gasteiger partial charge in [-0.05, 0) is 32.1 Å². The van der Waals surface area contributed by atoms with Crippen LogP contribution < -0.4 is 11.1 Å². The van der Waals surface area contributed by atoms with Crippen LogP contribution >= 0.6 is 24.0 Å². The molecule has 1 rings (SSSR count). The Morgan fingerprint density at radius 1 is 1.19 bits per heavy atom. The largest absolute Gasteiger partial charge is 0.370 e. The molecule has 0 heterocycles. The number of aliphatic imine (C=N–C) groups is 1. The minimum absolute atomic E-state index is 0. The Morgan fingerprint density at radius 2 is 1.76 bits per heavy atom. The monoisotopic (exact) mass is 404 g/mol. The maximum Gasteiger partial charge on any atom is 0.193 e. The van der Waals surface area contributed by atoms with Crippen molar-refractivity contribution in [3.63, 3.8) is 0 Å². The molecule has 0 fully saturated rings. The number of rotatable bonds is 7. The van der Waals surface area contributed by atoms with E-state index in [-0.39, 0.29) is 24.0 Å². The average molecular weight is 404 g/mol. The van der Waals surface area contributed by atoms with E-state index in [1.165, 1.54) is 12.8 Å². The normalized spacial score (nSPS) is 13.1. The predicted molar refractivity (Wildman–Crippen MR) is 104 cm³/mol. The van der Waals surface area contributed by atoms with E-state index in [0.29, 0.717) is 17.9 Å². The third kappa shape index (κ3) is 7.13. The van der Waals surface area contributed by atoms with Crippen molar-refractivity contribution < 1.29 is 0 Å². The van der Waals surface area contributed by atoms with Crippen molar-refractivity contribution in [2.75, 3.05) is 26.0 Å². The lowest BCUT2D eigenvalue weighted by atomic mass is 9.93. The first-order valence-corrected chi connectivity index (χ1v) is 7.36. The van der Waals surface area contributed by atoms with E-state index in [2.05, 4.69) is 43.2 Å². The van der Waals surface area contributed by atoms with Gasteiger partial charge in [-0.3, -0.25) is 4.99 Å². The third-order valence-corrected chi connectivity index (χ3v) is 3.75. The lowest BCUT2D eigenvalue weighted by Crippen LogP contribution is -2.38. The Balaban J connectivity index is 0.00000400. The fourth-order valence-electron chi connectivity index (χ4n) is 2.47. The summed E-state index contributed by atoms with van der Waals surface area (Å²) in [6.45, 7) is 5.20. The molecular weight excluding hydrogens is 375 g/mol. The molecule has 0 saturated heterocycles. The highest BCUT2D eigenvalue weighted by molar-refractivity contribution is 14.0. The zero-order valence-electron chi connectivity index (χ0n) is 13.5. The summed E-state index contributed by atoms with van der Waals surface area (Å²) in [6.07, 6.45) is 2.34. The Labute approximate surface area is 146 Å². The van der Waals surface area contributed by atoms with E-state index in [0.717, 1.165) is 12.2 Å². The van der Waals surface area contributed by atoms with Gasteiger partial charge in [0.2, 0.25) is 0 Å².